The van der Waals surface area contributed by atoms with Gasteiger partial charge in [0.15, 0.2) is 17.3 Å². The maximum Gasteiger partial charge on any atom is 0.254 e. The first kappa shape index (κ1) is 21.9. The predicted molar refractivity (Wildman–Crippen MR) is 116 cm³/mol. The number of hydrogen-bond donors (Lipinski definition) is 0. The van der Waals surface area contributed by atoms with Gasteiger partial charge in [0.2, 0.25) is 0 Å². The van der Waals surface area contributed by atoms with Crippen LogP contribution in [0.5, 0.6) is 11.5 Å². The Bertz CT molecular complexity index is 1060. The van der Waals surface area contributed by atoms with E-state index >= 15 is 0 Å². The van der Waals surface area contributed by atoms with Gasteiger partial charge >= 0.3 is 0 Å². The number of hydrogen-bond acceptors (Lipinski definition) is 8. The van der Waals surface area contributed by atoms with Crippen molar-refractivity contribution >= 4 is 5.91 Å². The highest BCUT2D eigenvalue weighted by Crippen LogP contribution is 2.30. The van der Waals surface area contributed by atoms with Crippen LogP contribution in [0.1, 0.15) is 38.8 Å². The Labute approximate surface area is 186 Å². The molecule has 1 fully saturated rings. The molecule has 0 N–H and O–H groups in total. The van der Waals surface area contributed by atoms with Crippen molar-refractivity contribution in [2.75, 3.05) is 33.3 Å². The van der Waals surface area contributed by atoms with Crippen LogP contribution >= 0.6 is 0 Å². The molecule has 1 saturated heterocycles. The van der Waals surface area contributed by atoms with Crippen LogP contribution in [0, 0.1) is 20.8 Å². The number of piperazine rings is 1. The normalized spacial score (nSPS) is 14.6. The molecule has 0 atom stereocenters. The summed E-state index contributed by atoms with van der Waals surface area (Å²) in [4.78, 5) is 17.2. The molecule has 0 saturated carbocycles. The van der Waals surface area contributed by atoms with Crippen molar-refractivity contribution in [3.05, 3.63) is 58.3 Å². The fraction of sp³-hybridized carbons (Fsp3) is 0.435. The summed E-state index contributed by atoms with van der Waals surface area (Å²) in [7, 11) is 1.57. The third-order valence-electron chi connectivity index (χ3n) is 5.68. The molecule has 2 aromatic heterocycles. The third-order valence-corrected chi connectivity index (χ3v) is 5.68. The standard InChI is InChI=1S/C23H28N4O5/c1-15-11-19(32-24-15)13-26-7-9-27(10-8-26)23(28)18-5-6-21(22(12-18)29-4)30-14-20-16(2)25-31-17(20)3/h5-6,11-12H,7-10,13-14H2,1-4H3. The lowest BCUT2D eigenvalue weighted by Crippen LogP contribution is -2.48. The first-order valence-electron chi connectivity index (χ1n) is 10.6. The van der Waals surface area contributed by atoms with Crippen molar-refractivity contribution in [2.24, 2.45) is 0 Å². The second-order valence-electron chi connectivity index (χ2n) is 7.96. The van der Waals surface area contributed by atoms with Gasteiger partial charge in [0.1, 0.15) is 12.4 Å². The van der Waals surface area contributed by atoms with Crippen molar-refractivity contribution in [3.63, 3.8) is 0 Å². The maximum absolute atomic E-state index is 13.0. The molecule has 0 unspecified atom stereocenters. The van der Waals surface area contributed by atoms with Crippen molar-refractivity contribution in [1.29, 1.82) is 0 Å². The van der Waals surface area contributed by atoms with Gasteiger partial charge in [0, 0.05) is 37.8 Å². The van der Waals surface area contributed by atoms with E-state index in [0.29, 0.717) is 43.3 Å². The molecule has 1 aromatic carbocycles. The molecule has 0 aliphatic carbocycles. The Morgan fingerprint density at radius 2 is 1.81 bits per heavy atom. The zero-order valence-electron chi connectivity index (χ0n) is 18.9. The summed E-state index contributed by atoms with van der Waals surface area (Å²) in [5.74, 6) is 2.64. The van der Waals surface area contributed by atoms with Crippen LogP contribution in [0.25, 0.3) is 0 Å². The number of amides is 1. The molecule has 1 aliphatic rings. The van der Waals surface area contributed by atoms with Gasteiger partial charge in [-0.05, 0) is 39.0 Å². The number of benzene rings is 1. The Morgan fingerprint density at radius 3 is 2.44 bits per heavy atom. The van der Waals surface area contributed by atoms with E-state index in [4.69, 9.17) is 18.5 Å². The number of carbonyl (C=O) groups excluding carboxylic acids is 1. The number of methoxy groups -OCH3 is 1. The minimum absolute atomic E-state index is 0.0178. The summed E-state index contributed by atoms with van der Waals surface area (Å²) >= 11 is 0. The van der Waals surface area contributed by atoms with Gasteiger partial charge in [-0.3, -0.25) is 9.69 Å². The molecule has 0 bridgehead atoms. The third kappa shape index (κ3) is 4.77. The monoisotopic (exact) mass is 440 g/mol. The summed E-state index contributed by atoms with van der Waals surface area (Å²) in [6, 6.07) is 7.22. The van der Waals surface area contributed by atoms with Crippen LogP contribution in [0.15, 0.2) is 33.3 Å². The van der Waals surface area contributed by atoms with E-state index in [1.54, 1.807) is 25.3 Å². The number of aromatic nitrogens is 2. The molecule has 32 heavy (non-hydrogen) atoms. The Morgan fingerprint density at radius 1 is 1.03 bits per heavy atom. The number of aryl methyl sites for hydroxylation is 3. The quantitative estimate of drug-likeness (QED) is 0.553. The van der Waals surface area contributed by atoms with Crippen LogP contribution in [-0.2, 0) is 13.2 Å². The van der Waals surface area contributed by atoms with Crippen molar-refractivity contribution < 1.29 is 23.3 Å². The molecular formula is C23H28N4O5. The molecule has 1 amide bonds. The minimum atomic E-state index is -0.0178. The van der Waals surface area contributed by atoms with Crippen molar-refractivity contribution in [1.82, 2.24) is 20.1 Å². The number of carbonyl (C=O) groups is 1. The molecule has 4 rings (SSSR count). The first-order valence-corrected chi connectivity index (χ1v) is 10.6. The molecule has 0 spiro atoms. The molecule has 170 valence electrons. The second kappa shape index (κ2) is 9.44. The van der Waals surface area contributed by atoms with Crippen LogP contribution in [-0.4, -0.2) is 59.3 Å². The molecule has 3 heterocycles. The summed E-state index contributed by atoms with van der Waals surface area (Å²) in [6.45, 7) is 9.51. The predicted octanol–water partition coefficient (Wildman–Crippen LogP) is 3.13. The average molecular weight is 441 g/mol. The SMILES string of the molecule is COc1cc(C(=O)N2CCN(Cc3cc(C)no3)CC2)ccc1OCc1c(C)noc1C. The lowest BCUT2D eigenvalue weighted by atomic mass is 10.1. The van der Waals surface area contributed by atoms with E-state index in [1.165, 1.54) is 0 Å². The minimum Gasteiger partial charge on any atom is -0.493 e. The molecule has 9 nitrogen and oxygen atoms in total. The highest BCUT2D eigenvalue weighted by molar-refractivity contribution is 5.95. The van der Waals surface area contributed by atoms with E-state index in [-0.39, 0.29) is 5.91 Å². The average Bonchev–Trinajstić information content (AvgIpc) is 3.36. The van der Waals surface area contributed by atoms with Gasteiger partial charge in [-0.15, -0.1) is 0 Å². The van der Waals surface area contributed by atoms with Crippen molar-refractivity contribution in [2.45, 2.75) is 33.9 Å². The van der Waals surface area contributed by atoms with Gasteiger partial charge in [-0.2, -0.15) is 0 Å². The Balaban J connectivity index is 1.36. The molecular weight excluding hydrogens is 412 g/mol. The summed E-state index contributed by atoms with van der Waals surface area (Å²) < 4.78 is 21.9. The van der Waals surface area contributed by atoms with Crippen LogP contribution in [0.4, 0.5) is 0 Å². The topological polar surface area (TPSA) is 94.1 Å². The number of rotatable bonds is 7. The lowest BCUT2D eigenvalue weighted by Gasteiger charge is -2.34. The lowest BCUT2D eigenvalue weighted by molar-refractivity contribution is 0.0617. The molecule has 1 aliphatic heterocycles. The summed E-state index contributed by atoms with van der Waals surface area (Å²) in [5, 5.41) is 7.87. The number of nitrogens with zero attached hydrogens (tertiary/aromatic N) is 4. The van der Waals surface area contributed by atoms with E-state index in [0.717, 1.165) is 41.6 Å². The molecule has 3 aromatic rings. The van der Waals surface area contributed by atoms with Crippen LogP contribution < -0.4 is 9.47 Å². The van der Waals surface area contributed by atoms with Gasteiger partial charge < -0.3 is 23.4 Å². The van der Waals surface area contributed by atoms with Gasteiger partial charge in [-0.25, -0.2) is 0 Å². The van der Waals surface area contributed by atoms with Gasteiger partial charge in [-0.1, -0.05) is 10.3 Å². The zero-order chi connectivity index (χ0) is 22.7. The fourth-order valence-corrected chi connectivity index (χ4v) is 3.78. The smallest absolute Gasteiger partial charge is 0.254 e. The Kier molecular flexibility index (Phi) is 6.45. The summed E-state index contributed by atoms with van der Waals surface area (Å²) in [5.41, 5.74) is 3.16. The van der Waals surface area contributed by atoms with E-state index in [1.807, 2.05) is 31.7 Å². The zero-order valence-corrected chi connectivity index (χ0v) is 18.9. The number of ether oxygens (including phenoxy) is 2. The highest BCUT2D eigenvalue weighted by Gasteiger charge is 2.24. The largest absolute Gasteiger partial charge is 0.493 e. The maximum atomic E-state index is 13.0. The Hall–Kier alpha value is -3.33. The van der Waals surface area contributed by atoms with Gasteiger partial charge in [0.05, 0.1) is 30.6 Å². The second-order valence-corrected chi connectivity index (χ2v) is 7.96. The molecule has 0 radical (unpaired) electrons. The van der Waals surface area contributed by atoms with E-state index in [2.05, 4.69) is 15.2 Å². The fourth-order valence-electron chi connectivity index (χ4n) is 3.78. The van der Waals surface area contributed by atoms with Crippen molar-refractivity contribution in [3.8, 4) is 11.5 Å². The highest BCUT2D eigenvalue weighted by atomic mass is 16.5. The van der Waals surface area contributed by atoms with E-state index in [9.17, 15) is 4.79 Å². The van der Waals surface area contributed by atoms with Gasteiger partial charge in [0.25, 0.3) is 5.91 Å². The van der Waals surface area contributed by atoms with Crippen LogP contribution in [0.2, 0.25) is 0 Å². The first-order chi connectivity index (χ1) is 15.4. The summed E-state index contributed by atoms with van der Waals surface area (Å²) in [6.07, 6.45) is 0. The molecule has 9 heteroatoms. The van der Waals surface area contributed by atoms with Crippen LogP contribution in [0.3, 0.4) is 0 Å². The van der Waals surface area contributed by atoms with E-state index < -0.39 is 0 Å².